The van der Waals surface area contributed by atoms with Crippen molar-refractivity contribution in [2.24, 2.45) is 0 Å². The predicted molar refractivity (Wildman–Crippen MR) is 79.6 cm³/mol. The summed E-state index contributed by atoms with van der Waals surface area (Å²) in [5.41, 5.74) is 6.86. The largest absolute Gasteiger partial charge is 0.399 e. The van der Waals surface area contributed by atoms with Crippen molar-refractivity contribution in [3.8, 4) is 0 Å². The molecule has 1 saturated heterocycles. The number of rotatable bonds is 2. The molecule has 2 atom stereocenters. The van der Waals surface area contributed by atoms with Crippen LogP contribution in [0, 0.1) is 6.92 Å². The maximum Gasteiger partial charge on any atom is 0.0781 e. The molecule has 0 spiro atoms. The molecule has 1 fully saturated rings. The fraction of sp³-hybridized carbons (Fsp3) is 0.600. The minimum absolute atomic E-state index is 0.00447. The lowest BCUT2D eigenvalue weighted by molar-refractivity contribution is -0.0633. The minimum atomic E-state index is -1.08. The van der Waals surface area contributed by atoms with E-state index in [2.05, 4.69) is 13.8 Å². The SMILES string of the molecule is Cc1cc(N)ccc1S(=O)C1CC(C)(C)OC1(C)C. The van der Waals surface area contributed by atoms with Gasteiger partial charge in [-0.1, -0.05) is 0 Å². The predicted octanol–water partition coefficient (Wildman–Crippen LogP) is 3.03. The fourth-order valence-corrected chi connectivity index (χ4v) is 4.90. The normalized spacial score (nSPS) is 26.3. The Morgan fingerprint density at radius 2 is 1.95 bits per heavy atom. The molecule has 0 radical (unpaired) electrons. The third-order valence-corrected chi connectivity index (χ3v) is 5.81. The van der Waals surface area contributed by atoms with Crippen LogP contribution in [0.5, 0.6) is 0 Å². The van der Waals surface area contributed by atoms with E-state index in [4.69, 9.17) is 10.5 Å². The lowest BCUT2D eigenvalue weighted by Gasteiger charge is -2.27. The molecule has 0 aromatic heterocycles. The van der Waals surface area contributed by atoms with Crippen LogP contribution in [0.4, 0.5) is 5.69 Å². The van der Waals surface area contributed by atoms with Crippen molar-refractivity contribution in [1.82, 2.24) is 0 Å². The van der Waals surface area contributed by atoms with Crippen molar-refractivity contribution in [1.29, 1.82) is 0 Å². The fourth-order valence-electron chi connectivity index (χ4n) is 2.90. The summed E-state index contributed by atoms with van der Waals surface area (Å²) in [6.07, 6.45) is 0.802. The smallest absolute Gasteiger partial charge is 0.0781 e. The van der Waals surface area contributed by atoms with Gasteiger partial charge in [-0.3, -0.25) is 4.21 Å². The molecular weight excluding hydrogens is 258 g/mol. The maximum absolute atomic E-state index is 12.9. The van der Waals surface area contributed by atoms with Crippen molar-refractivity contribution in [2.45, 2.75) is 62.4 Å². The van der Waals surface area contributed by atoms with Crippen LogP contribution in [-0.4, -0.2) is 20.7 Å². The van der Waals surface area contributed by atoms with Gasteiger partial charge in [-0.25, -0.2) is 0 Å². The van der Waals surface area contributed by atoms with E-state index in [1.807, 2.05) is 39.0 Å². The minimum Gasteiger partial charge on any atom is -0.399 e. The molecule has 1 aliphatic heterocycles. The molecule has 1 aromatic rings. The number of benzene rings is 1. The third kappa shape index (κ3) is 2.84. The third-order valence-electron chi connectivity index (χ3n) is 3.67. The lowest BCUT2D eigenvalue weighted by Crippen LogP contribution is -2.36. The van der Waals surface area contributed by atoms with E-state index in [1.165, 1.54) is 0 Å². The molecule has 1 aliphatic rings. The summed E-state index contributed by atoms with van der Waals surface area (Å²) in [6.45, 7) is 10.1. The van der Waals surface area contributed by atoms with Crippen LogP contribution in [0.2, 0.25) is 0 Å². The van der Waals surface area contributed by atoms with Crippen LogP contribution in [0.15, 0.2) is 23.1 Å². The average Bonchev–Trinajstić information content (AvgIpc) is 2.45. The highest BCUT2D eigenvalue weighted by atomic mass is 32.2. The van der Waals surface area contributed by atoms with Gasteiger partial charge in [0.15, 0.2) is 0 Å². The molecule has 0 bridgehead atoms. The Balaban J connectivity index is 2.34. The number of ether oxygens (including phenoxy) is 1. The van der Waals surface area contributed by atoms with Crippen LogP contribution in [-0.2, 0) is 15.5 Å². The van der Waals surface area contributed by atoms with E-state index >= 15 is 0 Å². The zero-order chi connectivity index (χ0) is 14.4. The first-order valence-electron chi connectivity index (χ1n) is 6.59. The van der Waals surface area contributed by atoms with E-state index in [-0.39, 0.29) is 16.5 Å². The number of anilines is 1. The first kappa shape index (κ1) is 14.5. The summed E-state index contributed by atoms with van der Waals surface area (Å²) < 4.78 is 18.9. The highest BCUT2D eigenvalue weighted by Crippen LogP contribution is 2.41. The Morgan fingerprint density at radius 1 is 1.32 bits per heavy atom. The molecular formula is C15H23NO2S. The maximum atomic E-state index is 12.9. The number of aryl methyl sites for hydroxylation is 1. The molecule has 0 saturated carbocycles. The molecule has 0 amide bonds. The number of nitrogens with two attached hydrogens (primary N) is 1. The van der Waals surface area contributed by atoms with Crippen LogP contribution < -0.4 is 5.73 Å². The van der Waals surface area contributed by atoms with Gasteiger partial charge in [-0.15, -0.1) is 0 Å². The summed E-state index contributed by atoms with van der Waals surface area (Å²) in [5, 5.41) is 0.00447. The highest BCUT2D eigenvalue weighted by molar-refractivity contribution is 7.85. The molecule has 0 aliphatic carbocycles. The van der Waals surface area contributed by atoms with Crippen molar-refractivity contribution in [3.05, 3.63) is 23.8 Å². The monoisotopic (exact) mass is 281 g/mol. The van der Waals surface area contributed by atoms with Gasteiger partial charge >= 0.3 is 0 Å². The first-order chi connectivity index (χ1) is 8.62. The van der Waals surface area contributed by atoms with Crippen LogP contribution in [0.25, 0.3) is 0 Å². The Hall–Kier alpha value is -0.870. The van der Waals surface area contributed by atoms with Gasteiger partial charge < -0.3 is 10.5 Å². The number of hydrogen-bond donors (Lipinski definition) is 1. The van der Waals surface area contributed by atoms with Gasteiger partial charge in [-0.05, 0) is 64.8 Å². The zero-order valence-electron chi connectivity index (χ0n) is 12.3. The lowest BCUT2D eigenvalue weighted by atomic mass is 10.0. The Bertz CT molecular complexity index is 523. The van der Waals surface area contributed by atoms with E-state index in [1.54, 1.807) is 0 Å². The summed E-state index contributed by atoms with van der Waals surface area (Å²) in [7, 11) is -1.08. The molecule has 3 nitrogen and oxygen atoms in total. The number of hydrogen-bond acceptors (Lipinski definition) is 3. The topological polar surface area (TPSA) is 52.3 Å². The van der Waals surface area contributed by atoms with E-state index in [0.29, 0.717) is 5.69 Å². The first-order valence-corrected chi connectivity index (χ1v) is 7.80. The molecule has 1 aromatic carbocycles. The Labute approximate surface area is 118 Å². The average molecular weight is 281 g/mol. The molecule has 1 heterocycles. The van der Waals surface area contributed by atoms with Crippen molar-refractivity contribution >= 4 is 16.5 Å². The van der Waals surface area contributed by atoms with Gasteiger partial charge in [-0.2, -0.15) is 0 Å². The van der Waals surface area contributed by atoms with Gasteiger partial charge in [0, 0.05) is 10.6 Å². The van der Waals surface area contributed by atoms with E-state index in [9.17, 15) is 4.21 Å². The molecule has 2 N–H and O–H groups in total. The van der Waals surface area contributed by atoms with Crippen molar-refractivity contribution < 1.29 is 8.95 Å². The zero-order valence-corrected chi connectivity index (χ0v) is 13.1. The van der Waals surface area contributed by atoms with Gasteiger partial charge in [0.25, 0.3) is 0 Å². The van der Waals surface area contributed by atoms with Crippen molar-refractivity contribution in [2.75, 3.05) is 5.73 Å². The van der Waals surface area contributed by atoms with Gasteiger partial charge in [0.2, 0.25) is 0 Å². The van der Waals surface area contributed by atoms with Crippen molar-refractivity contribution in [3.63, 3.8) is 0 Å². The van der Waals surface area contributed by atoms with E-state index < -0.39 is 10.8 Å². The number of nitrogen functional groups attached to an aromatic ring is 1. The quantitative estimate of drug-likeness (QED) is 0.848. The summed E-state index contributed by atoms with van der Waals surface area (Å²) in [5.74, 6) is 0. The second-order valence-electron chi connectivity index (χ2n) is 6.48. The highest BCUT2D eigenvalue weighted by Gasteiger charge is 2.49. The van der Waals surface area contributed by atoms with Gasteiger partial charge in [0.05, 0.1) is 27.3 Å². The second-order valence-corrected chi connectivity index (χ2v) is 8.08. The van der Waals surface area contributed by atoms with Crippen LogP contribution in [0.1, 0.15) is 39.7 Å². The Morgan fingerprint density at radius 3 is 2.42 bits per heavy atom. The standard InChI is InChI=1S/C15H23NO2S/c1-10-8-11(16)6-7-12(10)19(17)13-9-14(2,3)18-15(13,4)5/h6-8,13H,9,16H2,1-5H3. The summed E-state index contributed by atoms with van der Waals surface area (Å²) in [6, 6.07) is 5.57. The summed E-state index contributed by atoms with van der Waals surface area (Å²) >= 11 is 0. The molecule has 19 heavy (non-hydrogen) atoms. The molecule has 2 unspecified atom stereocenters. The molecule has 4 heteroatoms. The molecule has 2 rings (SSSR count). The van der Waals surface area contributed by atoms with Gasteiger partial charge in [0.1, 0.15) is 0 Å². The molecule has 106 valence electrons. The second kappa shape index (κ2) is 4.60. The van der Waals surface area contributed by atoms with Crippen LogP contribution >= 0.6 is 0 Å². The Kier molecular flexibility index (Phi) is 3.52. The summed E-state index contributed by atoms with van der Waals surface area (Å²) in [4.78, 5) is 0.869. The van der Waals surface area contributed by atoms with Crippen LogP contribution in [0.3, 0.4) is 0 Å². The van der Waals surface area contributed by atoms with E-state index in [0.717, 1.165) is 16.9 Å².